The van der Waals surface area contributed by atoms with Crippen molar-refractivity contribution < 1.29 is 19.4 Å². The monoisotopic (exact) mass is 394 g/mol. The van der Waals surface area contributed by atoms with Gasteiger partial charge in [0.1, 0.15) is 5.75 Å². The molecule has 0 unspecified atom stereocenters. The zero-order valence-corrected chi connectivity index (χ0v) is 15.9. The predicted octanol–water partition coefficient (Wildman–Crippen LogP) is 3.35. The molecule has 0 atom stereocenters. The topological polar surface area (TPSA) is 87.7 Å². The lowest BCUT2D eigenvalue weighted by atomic mass is 10.1. The van der Waals surface area contributed by atoms with Crippen molar-refractivity contribution in [1.82, 2.24) is 10.6 Å². The van der Waals surface area contributed by atoms with Crippen molar-refractivity contribution >= 4 is 40.0 Å². The highest BCUT2D eigenvalue weighted by atomic mass is 32.1. The van der Waals surface area contributed by atoms with Crippen LogP contribution >= 0.6 is 12.2 Å². The van der Waals surface area contributed by atoms with E-state index < -0.39 is 5.97 Å². The number of fused-ring (bicyclic) bond motifs is 1. The molecule has 0 spiro atoms. The summed E-state index contributed by atoms with van der Waals surface area (Å²) in [7, 11) is 1.51. The van der Waals surface area contributed by atoms with Crippen LogP contribution in [0.4, 0.5) is 0 Å². The van der Waals surface area contributed by atoms with Crippen molar-refractivity contribution in [2.75, 3.05) is 7.11 Å². The Morgan fingerprint density at radius 2 is 1.68 bits per heavy atom. The van der Waals surface area contributed by atoms with Gasteiger partial charge in [-0.2, -0.15) is 0 Å². The minimum absolute atomic E-state index is 0.169. The number of carbonyl (C=O) groups is 2. The highest BCUT2D eigenvalue weighted by molar-refractivity contribution is 7.80. The highest BCUT2D eigenvalue weighted by Crippen LogP contribution is 2.25. The minimum atomic E-state index is -0.980. The predicted molar refractivity (Wildman–Crippen MR) is 111 cm³/mol. The number of hydrogen-bond acceptors (Lipinski definition) is 4. The molecule has 142 valence electrons. The van der Waals surface area contributed by atoms with Gasteiger partial charge in [-0.1, -0.05) is 36.4 Å². The van der Waals surface area contributed by atoms with Crippen LogP contribution in [-0.4, -0.2) is 29.2 Å². The van der Waals surface area contributed by atoms with Crippen molar-refractivity contribution in [1.29, 1.82) is 0 Å². The van der Waals surface area contributed by atoms with Crippen LogP contribution in [0.1, 0.15) is 26.3 Å². The van der Waals surface area contributed by atoms with Crippen LogP contribution in [0, 0.1) is 0 Å². The number of amides is 1. The number of hydrogen-bond donors (Lipinski definition) is 3. The van der Waals surface area contributed by atoms with Gasteiger partial charge in [-0.3, -0.25) is 10.1 Å². The number of carboxylic acid groups (broad SMARTS) is 1. The fraction of sp³-hybridized carbons (Fsp3) is 0.0952. The number of aromatic carboxylic acids is 1. The number of thiocarbonyl (C=S) groups is 1. The van der Waals surface area contributed by atoms with E-state index in [1.54, 1.807) is 18.2 Å². The van der Waals surface area contributed by atoms with Crippen LogP contribution in [0.2, 0.25) is 0 Å². The van der Waals surface area contributed by atoms with E-state index in [4.69, 9.17) is 22.1 Å². The number of rotatable bonds is 5. The molecule has 6 nitrogen and oxygen atoms in total. The molecule has 3 N–H and O–H groups in total. The molecular formula is C21H18N2O4S. The molecule has 0 fully saturated rings. The number of nitrogens with one attached hydrogen (secondary N) is 2. The number of ether oxygens (including phenoxy) is 1. The summed E-state index contributed by atoms with van der Waals surface area (Å²) in [6.07, 6.45) is 0. The molecule has 0 aromatic heterocycles. The molecule has 0 heterocycles. The lowest BCUT2D eigenvalue weighted by molar-refractivity contribution is 0.0696. The summed E-state index contributed by atoms with van der Waals surface area (Å²) < 4.78 is 5.34. The highest BCUT2D eigenvalue weighted by Gasteiger charge is 2.15. The van der Waals surface area contributed by atoms with Gasteiger partial charge in [-0.05, 0) is 52.8 Å². The number of benzene rings is 3. The van der Waals surface area contributed by atoms with Crippen molar-refractivity contribution in [3.63, 3.8) is 0 Å². The second-order valence-electron chi connectivity index (χ2n) is 6.04. The van der Waals surface area contributed by atoms with Crippen LogP contribution < -0.4 is 15.4 Å². The van der Waals surface area contributed by atoms with Crippen LogP contribution in [0.15, 0.2) is 60.7 Å². The van der Waals surface area contributed by atoms with Gasteiger partial charge in [0, 0.05) is 6.54 Å². The molecule has 3 aromatic rings. The Bertz CT molecular complexity index is 1050. The molecule has 7 heteroatoms. The maximum atomic E-state index is 12.6. The van der Waals surface area contributed by atoms with Crippen LogP contribution in [0.5, 0.6) is 5.75 Å². The largest absolute Gasteiger partial charge is 0.496 e. The molecule has 0 aliphatic carbocycles. The van der Waals surface area contributed by atoms with E-state index in [0.29, 0.717) is 17.9 Å². The average Bonchev–Trinajstić information content (AvgIpc) is 2.71. The first-order chi connectivity index (χ1) is 13.5. The van der Waals surface area contributed by atoms with Crippen LogP contribution in [0.3, 0.4) is 0 Å². The van der Waals surface area contributed by atoms with Gasteiger partial charge in [-0.25, -0.2) is 4.79 Å². The summed E-state index contributed by atoms with van der Waals surface area (Å²) in [5, 5.41) is 16.6. The second-order valence-corrected chi connectivity index (χ2v) is 6.45. The minimum Gasteiger partial charge on any atom is -0.496 e. The third-order valence-electron chi connectivity index (χ3n) is 4.19. The van der Waals surface area contributed by atoms with E-state index in [1.165, 1.54) is 19.2 Å². The smallest absolute Gasteiger partial charge is 0.335 e. The van der Waals surface area contributed by atoms with E-state index in [0.717, 1.165) is 16.3 Å². The van der Waals surface area contributed by atoms with E-state index in [9.17, 15) is 9.59 Å². The quantitative estimate of drug-likeness (QED) is 0.575. The Morgan fingerprint density at radius 1 is 1.04 bits per heavy atom. The SMILES string of the molecule is COc1cc2ccccc2cc1C(=O)NC(=S)NCc1ccc(C(=O)O)cc1. The van der Waals surface area contributed by atoms with Gasteiger partial charge in [0.2, 0.25) is 0 Å². The fourth-order valence-electron chi connectivity index (χ4n) is 2.73. The molecule has 3 rings (SSSR count). The normalized spacial score (nSPS) is 10.3. The second kappa shape index (κ2) is 8.49. The third-order valence-corrected chi connectivity index (χ3v) is 4.44. The first-order valence-electron chi connectivity index (χ1n) is 8.46. The van der Waals surface area contributed by atoms with E-state index in [2.05, 4.69) is 10.6 Å². The Hall–Kier alpha value is -3.45. The third kappa shape index (κ3) is 4.44. The van der Waals surface area contributed by atoms with Gasteiger partial charge in [0.15, 0.2) is 5.11 Å². The number of methoxy groups -OCH3 is 1. The van der Waals surface area contributed by atoms with Gasteiger partial charge >= 0.3 is 5.97 Å². The molecule has 0 saturated heterocycles. The summed E-state index contributed by atoms with van der Waals surface area (Å²) in [5.74, 6) is -0.892. The lowest BCUT2D eigenvalue weighted by Crippen LogP contribution is -2.39. The lowest BCUT2D eigenvalue weighted by Gasteiger charge is -2.13. The first kappa shape index (κ1) is 19.3. The maximum absolute atomic E-state index is 12.6. The molecule has 0 aliphatic heterocycles. The Morgan fingerprint density at radius 3 is 2.29 bits per heavy atom. The van der Waals surface area contributed by atoms with E-state index in [-0.39, 0.29) is 16.6 Å². The van der Waals surface area contributed by atoms with Gasteiger partial charge < -0.3 is 15.2 Å². The van der Waals surface area contributed by atoms with Crippen molar-refractivity contribution in [3.05, 3.63) is 77.4 Å². The summed E-state index contributed by atoms with van der Waals surface area (Å²) in [6, 6.07) is 17.7. The zero-order chi connectivity index (χ0) is 20.1. The van der Waals surface area contributed by atoms with Crippen LogP contribution in [-0.2, 0) is 6.54 Å². The van der Waals surface area contributed by atoms with E-state index >= 15 is 0 Å². The molecular weight excluding hydrogens is 376 g/mol. The van der Waals surface area contributed by atoms with Crippen molar-refractivity contribution in [2.24, 2.45) is 0 Å². The Kier molecular flexibility index (Phi) is 5.86. The number of carboxylic acids is 1. The summed E-state index contributed by atoms with van der Waals surface area (Å²) in [5.41, 5.74) is 1.43. The standard InChI is InChI=1S/C21H18N2O4S/c1-27-18-11-16-5-3-2-4-15(16)10-17(18)19(24)23-21(28)22-12-13-6-8-14(9-7-13)20(25)26/h2-11H,12H2,1H3,(H,25,26)(H2,22,23,24,28). The van der Waals surface area contributed by atoms with Crippen molar-refractivity contribution in [2.45, 2.75) is 6.54 Å². The van der Waals surface area contributed by atoms with Crippen molar-refractivity contribution in [3.8, 4) is 5.75 Å². The molecule has 0 radical (unpaired) electrons. The Labute approximate surface area is 167 Å². The molecule has 0 bridgehead atoms. The Balaban J connectivity index is 1.66. The average molecular weight is 394 g/mol. The van der Waals surface area contributed by atoms with Gasteiger partial charge in [0.25, 0.3) is 5.91 Å². The molecule has 0 saturated carbocycles. The fourth-order valence-corrected chi connectivity index (χ4v) is 2.89. The molecule has 3 aromatic carbocycles. The van der Waals surface area contributed by atoms with Crippen LogP contribution in [0.25, 0.3) is 10.8 Å². The molecule has 1 amide bonds. The van der Waals surface area contributed by atoms with E-state index in [1.807, 2.05) is 30.3 Å². The summed E-state index contributed by atoms with van der Waals surface area (Å²) in [6.45, 7) is 0.355. The zero-order valence-electron chi connectivity index (χ0n) is 15.1. The first-order valence-corrected chi connectivity index (χ1v) is 8.87. The van der Waals surface area contributed by atoms with Gasteiger partial charge in [-0.15, -0.1) is 0 Å². The molecule has 28 heavy (non-hydrogen) atoms. The number of carbonyl (C=O) groups excluding carboxylic acids is 1. The summed E-state index contributed by atoms with van der Waals surface area (Å²) >= 11 is 5.19. The maximum Gasteiger partial charge on any atom is 0.335 e. The summed E-state index contributed by atoms with van der Waals surface area (Å²) in [4.78, 5) is 23.5. The molecule has 0 aliphatic rings. The van der Waals surface area contributed by atoms with Gasteiger partial charge in [0.05, 0.1) is 18.2 Å².